The summed E-state index contributed by atoms with van der Waals surface area (Å²) in [5.41, 5.74) is 7.05. The molecular weight excluding hydrogens is 270 g/mol. The molecule has 4 heteroatoms. The van der Waals surface area contributed by atoms with E-state index in [9.17, 15) is 5.11 Å². The molecule has 2 aromatic rings. The molecule has 108 valence electrons. The van der Waals surface area contributed by atoms with Gasteiger partial charge in [-0.15, -0.1) is 11.3 Å². The molecule has 0 saturated heterocycles. The van der Waals surface area contributed by atoms with Crippen molar-refractivity contribution in [1.82, 2.24) is 0 Å². The number of rotatable bonds is 6. The zero-order valence-electron chi connectivity index (χ0n) is 11.9. The third kappa shape index (κ3) is 3.60. The Morgan fingerprint density at radius 3 is 2.70 bits per heavy atom. The van der Waals surface area contributed by atoms with Crippen LogP contribution in [0.2, 0.25) is 0 Å². The first-order valence-corrected chi connectivity index (χ1v) is 7.64. The first-order valence-electron chi connectivity index (χ1n) is 6.82. The fourth-order valence-electron chi connectivity index (χ4n) is 2.04. The van der Waals surface area contributed by atoms with Gasteiger partial charge in [0, 0.05) is 15.8 Å². The molecule has 0 fully saturated rings. The minimum Gasteiger partial charge on any atom is -0.483 e. The molecule has 3 N–H and O–H groups in total. The van der Waals surface area contributed by atoms with Gasteiger partial charge < -0.3 is 15.6 Å². The summed E-state index contributed by atoms with van der Waals surface area (Å²) in [6.45, 7) is 4.15. The molecular formula is C16H21NO2S. The van der Waals surface area contributed by atoms with Crippen molar-refractivity contribution in [2.75, 3.05) is 0 Å². The minimum absolute atomic E-state index is 0.0137. The molecule has 20 heavy (non-hydrogen) atoms. The van der Waals surface area contributed by atoms with Crippen LogP contribution in [0.3, 0.4) is 0 Å². The fraction of sp³-hybridized carbons (Fsp3) is 0.375. The van der Waals surface area contributed by atoms with E-state index in [0.717, 1.165) is 22.6 Å². The van der Waals surface area contributed by atoms with Crippen molar-refractivity contribution >= 4 is 11.3 Å². The van der Waals surface area contributed by atoms with Gasteiger partial charge in [0.15, 0.2) is 0 Å². The quantitative estimate of drug-likeness (QED) is 0.857. The van der Waals surface area contributed by atoms with Crippen molar-refractivity contribution in [2.45, 2.75) is 39.0 Å². The Kier molecular flexibility index (Phi) is 5.17. The standard InChI is InChI=1S/C16H21NO2S/c1-3-14(17)16(15-8-7-11(2)20-15)19-13-6-4-5-12(9-13)10-18/h4-9,14,16,18H,3,10,17H2,1-2H3. The highest BCUT2D eigenvalue weighted by Gasteiger charge is 2.22. The Bertz CT molecular complexity index is 553. The summed E-state index contributed by atoms with van der Waals surface area (Å²) in [6.07, 6.45) is 0.703. The van der Waals surface area contributed by atoms with E-state index >= 15 is 0 Å². The van der Waals surface area contributed by atoms with Gasteiger partial charge in [0.1, 0.15) is 11.9 Å². The smallest absolute Gasteiger partial charge is 0.148 e. The van der Waals surface area contributed by atoms with Crippen molar-refractivity contribution in [2.24, 2.45) is 5.73 Å². The highest BCUT2D eigenvalue weighted by atomic mass is 32.1. The average Bonchev–Trinajstić information content (AvgIpc) is 2.90. The van der Waals surface area contributed by atoms with E-state index in [-0.39, 0.29) is 18.8 Å². The zero-order chi connectivity index (χ0) is 14.5. The molecule has 2 unspecified atom stereocenters. The van der Waals surface area contributed by atoms with Crippen LogP contribution in [0.25, 0.3) is 0 Å². The Labute approximate surface area is 124 Å². The Morgan fingerprint density at radius 2 is 2.10 bits per heavy atom. The molecule has 0 bridgehead atoms. The molecule has 0 amide bonds. The average molecular weight is 291 g/mol. The largest absolute Gasteiger partial charge is 0.483 e. The number of ether oxygens (including phenoxy) is 1. The number of hydrogen-bond acceptors (Lipinski definition) is 4. The van der Waals surface area contributed by atoms with Crippen molar-refractivity contribution in [3.63, 3.8) is 0 Å². The second-order valence-corrected chi connectivity index (χ2v) is 6.18. The van der Waals surface area contributed by atoms with E-state index in [2.05, 4.69) is 26.0 Å². The summed E-state index contributed by atoms with van der Waals surface area (Å²) in [6, 6.07) is 11.6. The Balaban J connectivity index is 2.23. The first kappa shape index (κ1) is 15.0. The number of thiophene rings is 1. The van der Waals surface area contributed by atoms with E-state index < -0.39 is 0 Å². The summed E-state index contributed by atoms with van der Waals surface area (Å²) in [5, 5.41) is 9.19. The summed E-state index contributed by atoms with van der Waals surface area (Å²) in [5.74, 6) is 0.747. The lowest BCUT2D eigenvalue weighted by molar-refractivity contribution is 0.174. The number of aliphatic hydroxyl groups is 1. The van der Waals surface area contributed by atoms with Gasteiger partial charge in [0.05, 0.1) is 6.61 Å². The van der Waals surface area contributed by atoms with Gasteiger partial charge in [-0.05, 0) is 43.2 Å². The van der Waals surface area contributed by atoms with Gasteiger partial charge in [0.2, 0.25) is 0 Å². The molecule has 0 aliphatic carbocycles. The van der Waals surface area contributed by atoms with Crippen molar-refractivity contribution < 1.29 is 9.84 Å². The summed E-state index contributed by atoms with van der Waals surface area (Å²) < 4.78 is 6.08. The topological polar surface area (TPSA) is 55.5 Å². The van der Waals surface area contributed by atoms with E-state index in [1.165, 1.54) is 4.88 Å². The minimum atomic E-state index is -0.146. The van der Waals surface area contributed by atoms with Crippen LogP contribution in [0.1, 0.15) is 34.8 Å². The van der Waals surface area contributed by atoms with Gasteiger partial charge in [-0.2, -0.15) is 0 Å². The summed E-state index contributed by atoms with van der Waals surface area (Å²) in [4.78, 5) is 2.40. The third-order valence-electron chi connectivity index (χ3n) is 3.25. The van der Waals surface area contributed by atoms with Gasteiger partial charge in [-0.3, -0.25) is 0 Å². The monoisotopic (exact) mass is 291 g/mol. The second kappa shape index (κ2) is 6.88. The number of hydrogen-bond donors (Lipinski definition) is 2. The summed E-state index contributed by atoms with van der Waals surface area (Å²) >= 11 is 1.71. The van der Waals surface area contributed by atoms with E-state index in [0.29, 0.717) is 0 Å². The normalized spacial score (nSPS) is 14.0. The molecule has 2 rings (SSSR count). The van der Waals surface area contributed by atoms with E-state index in [4.69, 9.17) is 10.5 Å². The van der Waals surface area contributed by atoms with Crippen LogP contribution < -0.4 is 10.5 Å². The molecule has 0 aliphatic heterocycles. The highest BCUT2D eigenvalue weighted by molar-refractivity contribution is 7.12. The highest BCUT2D eigenvalue weighted by Crippen LogP contribution is 2.30. The van der Waals surface area contributed by atoms with Gasteiger partial charge in [-0.1, -0.05) is 19.1 Å². The zero-order valence-corrected chi connectivity index (χ0v) is 12.7. The van der Waals surface area contributed by atoms with Gasteiger partial charge >= 0.3 is 0 Å². The third-order valence-corrected chi connectivity index (χ3v) is 4.31. The molecule has 3 nitrogen and oxygen atoms in total. The van der Waals surface area contributed by atoms with Crippen LogP contribution in [0.4, 0.5) is 0 Å². The number of aryl methyl sites for hydroxylation is 1. The number of aliphatic hydroxyl groups excluding tert-OH is 1. The van der Waals surface area contributed by atoms with E-state index in [1.807, 2.05) is 24.3 Å². The van der Waals surface area contributed by atoms with Crippen LogP contribution in [0.15, 0.2) is 36.4 Å². The molecule has 0 aliphatic rings. The van der Waals surface area contributed by atoms with Crippen molar-refractivity contribution in [1.29, 1.82) is 0 Å². The van der Waals surface area contributed by atoms with Crippen molar-refractivity contribution in [3.8, 4) is 5.75 Å². The lowest BCUT2D eigenvalue weighted by Gasteiger charge is -2.23. The first-order chi connectivity index (χ1) is 9.63. The maximum absolute atomic E-state index is 9.19. The predicted molar refractivity (Wildman–Crippen MR) is 83.1 cm³/mol. The SMILES string of the molecule is CCC(N)C(Oc1cccc(CO)c1)c1ccc(C)s1. The Morgan fingerprint density at radius 1 is 1.30 bits per heavy atom. The fourth-order valence-corrected chi connectivity index (χ4v) is 3.02. The maximum atomic E-state index is 9.19. The lowest BCUT2D eigenvalue weighted by Crippen LogP contribution is -2.30. The number of nitrogens with two attached hydrogens (primary N) is 1. The van der Waals surface area contributed by atoms with Crippen LogP contribution >= 0.6 is 11.3 Å². The second-order valence-electron chi connectivity index (χ2n) is 4.86. The molecule has 0 radical (unpaired) electrons. The number of benzene rings is 1. The molecule has 0 spiro atoms. The van der Waals surface area contributed by atoms with Crippen LogP contribution in [-0.2, 0) is 6.61 Å². The van der Waals surface area contributed by atoms with Gasteiger partial charge in [0.25, 0.3) is 0 Å². The Hall–Kier alpha value is -1.36. The predicted octanol–water partition coefficient (Wildman–Crippen LogP) is 3.41. The molecule has 0 saturated carbocycles. The maximum Gasteiger partial charge on any atom is 0.148 e. The van der Waals surface area contributed by atoms with Crippen LogP contribution in [0, 0.1) is 6.92 Å². The van der Waals surface area contributed by atoms with Crippen LogP contribution in [0.5, 0.6) is 5.75 Å². The molecule has 1 heterocycles. The van der Waals surface area contributed by atoms with E-state index in [1.54, 1.807) is 11.3 Å². The molecule has 1 aromatic heterocycles. The lowest BCUT2D eigenvalue weighted by atomic mass is 10.1. The summed E-state index contributed by atoms with van der Waals surface area (Å²) in [7, 11) is 0. The van der Waals surface area contributed by atoms with Crippen molar-refractivity contribution in [3.05, 3.63) is 51.7 Å². The van der Waals surface area contributed by atoms with Crippen LogP contribution in [-0.4, -0.2) is 11.1 Å². The van der Waals surface area contributed by atoms with Gasteiger partial charge in [-0.25, -0.2) is 0 Å². The molecule has 2 atom stereocenters. The molecule has 1 aromatic carbocycles.